The van der Waals surface area contributed by atoms with Crippen molar-refractivity contribution in [1.82, 2.24) is 9.97 Å². The molecule has 2 heterocycles. The second-order valence-corrected chi connectivity index (χ2v) is 5.66. The third kappa shape index (κ3) is 2.81. The van der Waals surface area contributed by atoms with Crippen molar-refractivity contribution in [2.24, 2.45) is 5.11 Å². The van der Waals surface area contributed by atoms with Crippen LogP contribution in [-0.4, -0.2) is 9.97 Å². The van der Waals surface area contributed by atoms with Gasteiger partial charge in [-0.25, -0.2) is 5.53 Å². The lowest BCUT2D eigenvalue weighted by Gasteiger charge is -2.05. The third-order valence-corrected chi connectivity index (χ3v) is 4.08. The van der Waals surface area contributed by atoms with Crippen molar-refractivity contribution in [2.45, 2.75) is 0 Å². The number of fused-ring (bicyclic) bond motifs is 2. The van der Waals surface area contributed by atoms with E-state index in [0.717, 1.165) is 27.5 Å². The summed E-state index contributed by atoms with van der Waals surface area (Å²) in [7, 11) is 0. The number of H-pyrrole nitrogens is 2. The van der Waals surface area contributed by atoms with E-state index in [2.05, 4.69) is 20.4 Å². The van der Waals surface area contributed by atoms with Crippen molar-refractivity contribution in [3.63, 3.8) is 0 Å². The van der Waals surface area contributed by atoms with Gasteiger partial charge in [0.15, 0.2) is 0 Å². The van der Waals surface area contributed by atoms with Gasteiger partial charge in [0, 0.05) is 29.1 Å². The Morgan fingerprint density at radius 2 is 1.92 bits per heavy atom. The van der Waals surface area contributed by atoms with Crippen molar-refractivity contribution in [3.05, 3.63) is 82.9 Å². The lowest BCUT2D eigenvalue weighted by molar-refractivity contribution is 1.14. The molecule has 0 amide bonds. The van der Waals surface area contributed by atoms with Crippen LogP contribution in [0.3, 0.4) is 0 Å². The predicted octanol–water partition coefficient (Wildman–Crippen LogP) is 4.45. The fraction of sp³-hybridized carbons (Fsp3) is 0. The van der Waals surface area contributed by atoms with E-state index in [-0.39, 0.29) is 11.3 Å². The van der Waals surface area contributed by atoms with Gasteiger partial charge in [-0.3, -0.25) is 4.79 Å². The smallest absolute Gasteiger partial charge is 0.258 e. The fourth-order valence-electron chi connectivity index (χ4n) is 2.80. The first-order valence-electron chi connectivity index (χ1n) is 7.78. The summed E-state index contributed by atoms with van der Waals surface area (Å²) in [6.07, 6.45) is 3.44. The van der Waals surface area contributed by atoms with Gasteiger partial charge < -0.3 is 15.3 Å². The van der Waals surface area contributed by atoms with Gasteiger partial charge in [0.05, 0.1) is 5.56 Å². The molecule has 4 aromatic rings. The average Bonchev–Trinajstić information content (AvgIpc) is 3.10. The van der Waals surface area contributed by atoms with Gasteiger partial charge in [0.2, 0.25) is 0 Å². The van der Waals surface area contributed by atoms with E-state index in [9.17, 15) is 4.79 Å². The van der Waals surface area contributed by atoms with Gasteiger partial charge >= 0.3 is 0 Å². The van der Waals surface area contributed by atoms with Crippen LogP contribution in [0, 0.1) is 5.53 Å². The van der Waals surface area contributed by atoms with Crippen molar-refractivity contribution < 1.29 is 0 Å². The van der Waals surface area contributed by atoms with Gasteiger partial charge in [0.1, 0.15) is 5.70 Å². The minimum absolute atomic E-state index is 0.263. The fourth-order valence-corrected chi connectivity index (χ4v) is 2.80. The molecule has 6 nitrogen and oxygen atoms in total. The first-order valence-corrected chi connectivity index (χ1v) is 7.78. The van der Waals surface area contributed by atoms with Crippen molar-refractivity contribution >= 4 is 33.2 Å². The summed E-state index contributed by atoms with van der Waals surface area (Å²) >= 11 is 0. The standard InChI is InChI=1S/C19H15N5O/c20-24-18(11-22-14-6-5-12-7-8-21-17(12)10-14)15-9-13-3-1-2-4-16(13)23-19(15)25/h1-11,20-22H,(H,23,25)/b18-11-,24-20?. The molecular formula is C19H15N5O. The molecule has 122 valence electrons. The van der Waals surface area contributed by atoms with Crippen LogP contribution in [-0.2, 0) is 0 Å². The van der Waals surface area contributed by atoms with Crippen molar-refractivity contribution in [3.8, 4) is 0 Å². The van der Waals surface area contributed by atoms with E-state index < -0.39 is 0 Å². The quantitative estimate of drug-likeness (QED) is 0.416. The molecule has 0 aliphatic rings. The summed E-state index contributed by atoms with van der Waals surface area (Å²) in [5.74, 6) is 0. The highest BCUT2D eigenvalue weighted by Gasteiger charge is 2.08. The Morgan fingerprint density at radius 3 is 2.80 bits per heavy atom. The Kier molecular flexibility index (Phi) is 3.63. The molecule has 0 spiro atoms. The molecule has 2 aromatic heterocycles. The maximum absolute atomic E-state index is 12.3. The highest BCUT2D eigenvalue weighted by atomic mass is 16.1. The molecule has 25 heavy (non-hydrogen) atoms. The number of para-hydroxylation sites is 1. The van der Waals surface area contributed by atoms with E-state index in [1.807, 2.05) is 54.7 Å². The first-order chi connectivity index (χ1) is 12.2. The molecule has 0 aliphatic carbocycles. The summed E-state index contributed by atoms with van der Waals surface area (Å²) < 4.78 is 0. The SMILES string of the molecule is N=N/C(=C\Nc1ccc2cc[nH]c2c1)c1cc2ccccc2[nH]c1=O. The summed E-state index contributed by atoms with van der Waals surface area (Å²) in [6, 6.07) is 17.1. The number of nitrogens with zero attached hydrogens (tertiary/aromatic N) is 1. The molecule has 0 bridgehead atoms. The Hall–Kier alpha value is -3.67. The summed E-state index contributed by atoms with van der Waals surface area (Å²) in [6.45, 7) is 0. The van der Waals surface area contributed by atoms with Crippen molar-refractivity contribution in [2.75, 3.05) is 5.32 Å². The monoisotopic (exact) mass is 329 g/mol. The van der Waals surface area contributed by atoms with Crippen LogP contribution in [0.5, 0.6) is 0 Å². The molecule has 2 aromatic carbocycles. The van der Waals surface area contributed by atoms with Gasteiger partial charge in [-0.05, 0) is 41.1 Å². The molecule has 0 saturated heterocycles. The minimum Gasteiger partial charge on any atom is -0.361 e. The van der Waals surface area contributed by atoms with Crippen LogP contribution in [0.25, 0.3) is 27.5 Å². The second-order valence-electron chi connectivity index (χ2n) is 5.66. The Morgan fingerprint density at radius 1 is 1.04 bits per heavy atom. The highest BCUT2D eigenvalue weighted by Crippen LogP contribution is 2.20. The molecule has 0 fully saturated rings. The Labute approximate surface area is 142 Å². The molecular weight excluding hydrogens is 314 g/mol. The number of hydrogen-bond acceptors (Lipinski definition) is 4. The van der Waals surface area contributed by atoms with Crippen molar-refractivity contribution in [1.29, 1.82) is 5.53 Å². The maximum Gasteiger partial charge on any atom is 0.258 e. The van der Waals surface area contributed by atoms with Crippen LogP contribution in [0.4, 0.5) is 5.69 Å². The molecule has 4 N–H and O–H groups in total. The first kappa shape index (κ1) is 14.9. The molecule has 0 unspecified atom stereocenters. The van der Waals surface area contributed by atoms with Crippen LogP contribution in [0.2, 0.25) is 0 Å². The summed E-state index contributed by atoms with van der Waals surface area (Å²) in [4.78, 5) is 18.3. The zero-order valence-electron chi connectivity index (χ0n) is 13.2. The van der Waals surface area contributed by atoms with E-state index in [0.29, 0.717) is 5.56 Å². The number of aromatic nitrogens is 2. The number of pyridine rings is 1. The van der Waals surface area contributed by atoms with Crippen LogP contribution >= 0.6 is 0 Å². The van der Waals surface area contributed by atoms with E-state index in [4.69, 9.17) is 5.53 Å². The molecule has 4 rings (SSSR count). The van der Waals surface area contributed by atoms with Gasteiger partial charge in [-0.2, -0.15) is 5.11 Å². The molecule has 0 radical (unpaired) electrons. The predicted molar refractivity (Wildman–Crippen MR) is 99.6 cm³/mol. The Balaban J connectivity index is 1.71. The van der Waals surface area contributed by atoms with Crippen LogP contribution < -0.4 is 10.9 Å². The minimum atomic E-state index is -0.275. The molecule has 0 saturated carbocycles. The van der Waals surface area contributed by atoms with E-state index in [1.165, 1.54) is 0 Å². The molecule has 6 heteroatoms. The van der Waals surface area contributed by atoms with Gasteiger partial charge in [0.25, 0.3) is 5.56 Å². The second kappa shape index (κ2) is 6.09. The lowest BCUT2D eigenvalue weighted by atomic mass is 10.1. The van der Waals surface area contributed by atoms with Crippen LogP contribution in [0.15, 0.2) is 76.9 Å². The van der Waals surface area contributed by atoms with Gasteiger partial charge in [-0.1, -0.05) is 24.3 Å². The number of nitrogens with one attached hydrogen (secondary N) is 4. The number of hydrogen-bond donors (Lipinski definition) is 4. The normalized spacial score (nSPS) is 11.8. The topological polar surface area (TPSA) is 96.9 Å². The Bertz CT molecular complexity index is 1170. The number of anilines is 1. The summed E-state index contributed by atoms with van der Waals surface area (Å²) in [5, 5.41) is 8.62. The zero-order chi connectivity index (χ0) is 17.2. The van der Waals surface area contributed by atoms with E-state index >= 15 is 0 Å². The largest absolute Gasteiger partial charge is 0.361 e. The highest BCUT2D eigenvalue weighted by molar-refractivity contribution is 5.84. The number of aromatic amines is 2. The maximum atomic E-state index is 12.3. The lowest BCUT2D eigenvalue weighted by Crippen LogP contribution is -2.11. The average molecular weight is 329 g/mol. The zero-order valence-corrected chi connectivity index (χ0v) is 13.2. The summed E-state index contributed by atoms with van der Waals surface area (Å²) in [5.41, 5.74) is 10.4. The third-order valence-electron chi connectivity index (χ3n) is 4.08. The number of benzene rings is 2. The van der Waals surface area contributed by atoms with Gasteiger partial charge in [-0.15, -0.1) is 0 Å². The molecule has 0 atom stereocenters. The van der Waals surface area contributed by atoms with Crippen LogP contribution in [0.1, 0.15) is 5.56 Å². The molecule has 0 aliphatic heterocycles. The van der Waals surface area contributed by atoms with E-state index in [1.54, 1.807) is 12.3 Å². The number of rotatable bonds is 4.